The van der Waals surface area contributed by atoms with Gasteiger partial charge in [0.1, 0.15) is 12.4 Å². The van der Waals surface area contributed by atoms with E-state index in [9.17, 15) is 9.59 Å². The molecule has 5 heteroatoms. The average Bonchev–Trinajstić information content (AvgIpc) is 3.16. The second kappa shape index (κ2) is 9.22. The SMILES string of the molecule is CCCCC(=O)/C(=C(\c1cccc(OC)c1)N1CCOC1=O)c1ccccc1. The third kappa shape index (κ3) is 4.25. The maximum absolute atomic E-state index is 13.3. The van der Waals surface area contributed by atoms with Gasteiger partial charge >= 0.3 is 6.09 Å². The number of Topliss-reactive ketones (excluding diaryl/α,β-unsaturated/α-hetero) is 1. The number of nitrogens with zero attached hydrogens (tertiary/aromatic N) is 1. The summed E-state index contributed by atoms with van der Waals surface area (Å²) in [5.41, 5.74) is 2.66. The molecule has 1 saturated heterocycles. The second-order valence-corrected chi connectivity index (χ2v) is 6.61. The highest BCUT2D eigenvalue weighted by molar-refractivity contribution is 6.28. The number of ether oxygens (including phenoxy) is 2. The number of benzene rings is 2. The summed E-state index contributed by atoms with van der Waals surface area (Å²) in [6, 6.07) is 16.9. The van der Waals surface area contributed by atoms with Crippen LogP contribution in [-0.4, -0.2) is 37.0 Å². The maximum Gasteiger partial charge on any atom is 0.414 e. The van der Waals surface area contributed by atoms with Gasteiger partial charge in [-0.25, -0.2) is 4.79 Å². The minimum Gasteiger partial charge on any atom is -0.497 e. The van der Waals surface area contributed by atoms with Crippen LogP contribution in [0.3, 0.4) is 0 Å². The zero-order chi connectivity index (χ0) is 19.9. The van der Waals surface area contributed by atoms with Crippen molar-refractivity contribution >= 4 is 23.1 Å². The molecule has 0 atom stereocenters. The first-order valence-electron chi connectivity index (χ1n) is 9.57. The fourth-order valence-corrected chi connectivity index (χ4v) is 3.30. The van der Waals surface area contributed by atoms with E-state index in [1.54, 1.807) is 12.0 Å². The van der Waals surface area contributed by atoms with Crippen LogP contribution < -0.4 is 4.74 Å². The molecule has 2 aromatic rings. The molecule has 2 aromatic carbocycles. The molecule has 0 aromatic heterocycles. The molecule has 1 aliphatic rings. The molecule has 1 amide bonds. The van der Waals surface area contributed by atoms with Crippen LogP contribution in [0, 0.1) is 0 Å². The summed E-state index contributed by atoms with van der Waals surface area (Å²) in [6.07, 6.45) is 1.71. The van der Waals surface area contributed by atoms with Crippen molar-refractivity contribution < 1.29 is 19.1 Å². The number of unbranched alkanes of at least 4 members (excludes halogenated alkanes) is 1. The minimum absolute atomic E-state index is 0.0190. The lowest BCUT2D eigenvalue weighted by atomic mass is 9.92. The lowest BCUT2D eigenvalue weighted by Crippen LogP contribution is -2.25. The molecule has 0 N–H and O–H groups in total. The van der Waals surface area contributed by atoms with E-state index >= 15 is 0 Å². The molecule has 0 spiro atoms. The Morgan fingerprint density at radius 3 is 2.50 bits per heavy atom. The van der Waals surface area contributed by atoms with Crippen molar-refractivity contribution in [2.24, 2.45) is 0 Å². The fourth-order valence-electron chi connectivity index (χ4n) is 3.30. The van der Waals surface area contributed by atoms with Gasteiger partial charge in [0.25, 0.3) is 0 Å². The zero-order valence-corrected chi connectivity index (χ0v) is 16.3. The highest BCUT2D eigenvalue weighted by Crippen LogP contribution is 2.34. The van der Waals surface area contributed by atoms with Crippen molar-refractivity contribution in [3.8, 4) is 5.75 Å². The first-order valence-corrected chi connectivity index (χ1v) is 9.57. The molecule has 1 aliphatic heterocycles. The summed E-state index contributed by atoms with van der Waals surface area (Å²) in [6.45, 7) is 2.76. The standard InChI is InChI=1S/C23H25NO4/c1-3-4-13-20(25)21(17-9-6-5-7-10-17)22(24-14-15-28-23(24)26)18-11-8-12-19(16-18)27-2/h5-12,16H,3-4,13-15H2,1-2H3/b22-21+. The molecular weight excluding hydrogens is 354 g/mol. The van der Waals surface area contributed by atoms with Crippen molar-refractivity contribution in [3.63, 3.8) is 0 Å². The van der Waals surface area contributed by atoms with Gasteiger partial charge in [-0.05, 0) is 24.1 Å². The topological polar surface area (TPSA) is 55.8 Å². The normalized spacial score (nSPS) is 14.5. The smallest absolute Gasteiger partial charge is 0.414 e. The number of carbonyl (C=O) groups is 2. The lowest BCUT2D eigenvalue weighted by molar-refractivity contribution is -0.113. The number of rotatable bonds is 8. The molecule has 0 unspecified atom stereocenters. The summed E-state index contributed by atoms with van der Waals surface area (Å²) in [5.74, 6) is 0.682. The van der Waals surface area contributed by atoms with Crippen LogP contribution in [0.4, 0.5) is 4.79 Å². The van der Waals surface area contributed by atoms with Crippen LogP contribution in [0.1, 0.15) is 37.3 Å². The largest absolute Gasteiger partial charge is 0.497 e. The Hall–Kier alpha value is -3.08. The van der Waals surface area contributed by atoms with E-state index in [4.69, 9.17) is 9.47 Å². The Morgan fingerprint density at radius 2 is 1.86 bits per heavy atom. The van der Waals surface area contributed by atoms with Crippen LogP contribution in [0.2, 0.25) is 0 Å². The van der Waals surface area contributed by atoms with Crippen LogP contribution >= 0.6 is 0 Å². The molecule has 146 valence electrons. The molecule has 1 heterocycles. The maximum atomic E-state index is 13.3. The monoisotopic (exact) mass is 379 g/mol. The molecule has 28 heavy (non-hydrogen) atoms. The molecule has 0 aliphatic carbocycles. The third-order valence-corrected chi connectivity index (χ3v) is 4.71. The van der Waals surface area contributed by atoms with Crippen molar-refractivity contribution in [2.45, 2.75) is 26.2 Å². The highest BCUT2D eigenvalue weighted by Gasteiger charge is 2.31. The van der Waals surface area contributed by atoms with E-state index in [1.165, 1.54) is 0 Å². The van der Waals surface area contributed by atoms with Gasteiger partial charge in [-0.2, -0.15) is 0 Å². The molecule has 0 bridgehead atoms. The number of cyclic esters (lactones) is 1. The Kier molecular flexibility index (Phi) is 6.48. The van der Waals surface area contributed by atoms with E-state index in [2.05, 4.69) is 6.92 Å². The summed E-state index contributed by atoms with van der Waals surface area (Å²) < 4.78 is 10.5. The molecule has 1 fully saturated rings. The lowest BCUT2D eigenvalue weighted by Gasteiger charge is -2.23. The van der Waals surface area contributed by atoms with Gasteiger partial charge in [0, 0.05) is 17.6 Å². The number of amides is 1. The van der Waals surface area contributed by atoms with Gasteiger partial charge in [-0.15, -0.1) is 0 Å². The van der Waals surface area contributed by atoms with Crippen LogP contribution in [-0.2, 0) is 9.53 Å². The van der Waals surface area contributed by atoms with Crippen LogP contribution in [0.5, 0.6) is 5.75 Å². The van der Waals surface area contributed by atoms with E-state index < -0.39 is 6.09 Å². The van der Waals surface area contributed by atoms with Gasteiger partial charge in [0.15, 0.2) is 5.78 Å². The quantitative estimate of drug-likeness (QED) is 0.489. The predicted octanol–water partition coefficient (Wildman–Crippen LogP) is 4.78. The number of allylic oxidation sites excluding steroid dienone is 1. The van der Waals surface area contributed by atoms with Crippen molar-refractivity contribution in [2.75, 3.05) is 20.3 Å². The first-order chi connectivity index (χ1) is 13.7. The van der Waals surface area contributed by atoms with Crippen LogP contribution in [0.25, 0.3) is 11.3 Å². The summed E-state index contributed by atoms with van der Waals surface area (Å²) in [4.78, 5) is 27.3. The number of methoxy groups -OCH3 is 1. The second-order valence-electron chi connectivity index (χ2n) is 6.61. The first kappa shape index (κ1) is 19.7. The Bertz CT molecular complexity index is 873. The minimum atomic E-state index is -0.436. The Balaban J connectivity index is 2.25. The fraction of sp³-hybridized carbons (Fsp3) is 0.304. The predicted molar refractivity (Wildman–Crippen MR) is 109 cm³/mol. The van der Waals surface area contributed by atoms with Gasteiger partial charge in [-0.1, -0.05) is 55.8 Å². The van der Waals surface area contributed by atoms with Crippen molar-refractivity contribution in [1.29, 1.82) is 0 Å². The van der Waals surface area contributed by atoms with E-state index in [0.717, 1.165) is 24.0 Å². The molecule has 5 nitrogen and oxygen atoms in total. The Labute approximate surface area is 165 Å². The van der Waals surface area contributed by atoms with Gasteiger partial charge in [-0.3, -0.25) is 9.69 Å². The number of hydrogen-bond acceptors (Lipinski definition) is 4. The average molecular weight is 379 g/mol. The Morgan fingerprint density at radius 1 is 1.11 bits per heavy atom. The molecular formula is C23H25NO4. The highest BCUT2D eigenvalue weighted by atomic mass is 16.6. The van der Waals surface area contributed by atoms with Gasteiger partial charge < -0.3 is 9.47 Å². The molecule has 0 saturated carbocycles. The molecule has 0 radical (unpaired) electrons. The van der Waals surface area contributed by atoms with Gasteiger partial charge in [0.2, 0.25) is 0 Å². The summed E-state index contributed by atoms with van der Waals surface area (Å²) in [7, 11) is 1.59. The molecule has 3 rings (SSSR count). The van der Waals surface area contributed by atoms with E-state index in [-0.39, 0.29) is 5.78 Å². The number of ketones is 1. The third-order valence-electron chi connectivity index (χ3n) is 4.71. The van der Waals surface area contributed by atoms with E-state index in [0.29, 0.717) is 36.6 Å². The summed E-state index contributed by atoms with van der Waals surface area (Å²) in [5, 5.41) is 0. The van der Waals surface area contributed by atoms with Crippen LogP contribution in [0.15, 0.2) is 54.6 Å². The summed E-state index contributed by atoms with van der Waals surface area (Å²) >= 11 is 0. The van der Waals surface area contributed by atoms with Gasteiger partial charge in [0.05, 0.1) is 19.4 Å². The zero-order valence-electron chi connectivity index (χ0n) is 16.3. The number of hydrogen-bond donors (Lipinski definition) is 0. The van der Waals surface area contributed by atoms with E-state index in [1.807, 2.05) is 54.6 Å². The van der Waals surface area contributed by atoms with Crippen molar-refractivity contribution in [3.05, 3.63) is 65.7 Å². The van der Waals surface area contributed by atoms with Crippen molar-refractivity contribution in [1.82, 2.24) is 4.90 Å². The number of carbonyl (C=O) groups excluding carboxylic acids is 2.